The highest BCUT2D eigenvalue weighted by atomic mass is 16.2. The molecule has 0 aliphatic rings. The standard InChI is InChI=1S/C22H22O4/c23-19(21(25)17-11-5-3-6-12-17)15-9-1-2-10-16-20(24)22(26)18-13-7-4-8-14-18/h3-8,11-14H,1-2,9-10,15-16H2. The van der Waals surface area contributed by atoms with Crippen molar-refractivity contribution in [3.8, 4) is 0 Å². The summed E-state index contributed by atoms with van der Waals surface area (Å²) >= 11 is 0. The van der Waals surface area contributed by atoms with Gasteiger partial charge >= 0.3 is 0 Å². The largest absolute Gasteiger partial charge is 0.290 e. The average molecular weight is 350 g/mol. The molecule has 0 aromatic heterocycles. The molecule has 0 atom stereocenters. The molecule has 0 fully saturated rings. The molecule has 0 saturated heterocycles. The van der Waals surface area contributed by atoms with E-state index in [0.717, 1.165) is 12.8 Å². The Morgan fingerprint density at radius 2 is 0.846 bits per heavy atom. The zero-order valence-electron chi connectivity index (χ0n) is 14.6. The molecule has 0 amide bonds. The summed E-state index contributed by atoms with van der Waals surface area (Å²) in [7, 11) is 0. The summed E-state index contributed by atoms with van der Waals surface area (Å²) < 4.78 is 0. The van der Waals surface area contributed by atoms with Crippen LogP contribution in [-0.2, 0) is 9.59 Å². The molecule has 0 radical (unpaired) electrons. The molecule has 0 unspecified atom stereocenters. The first-order valence-electron chi connectivity index (χ1n) is 8.84. The lowest BCUT2D eigenvalue weighted by molar-refractivity contribution is -0.116. The number of hydrogen-bond acceptors (Lipinski definition) is 4. The molecule has 2 aromatic carbocycles. The Labute approximate surface area is 153 Å². The Kier molecular flexibility index (Phi) is 7.62. The predicted molar refractivity (Wildman–Crippen MR) is 99.3 cm³/mol. The van der Waals surface area contributed by atoms with E-state index in [1.54, 1.807) is 60.7 Å². The van der Waals surface area contributed by atoms with E-state index in [2.05, 4.69) is 0 Å². The molecule has 2 rings (SSSR count). The van der Waals surface area contributed by atoms with Crippen LogP contribution >= 0.6 is 0 Å². The number of carbonyl (C=O) groups is 4. The number of ketones is 4. The molecule has 0 aliphatic carbocycles. The van der Waals surface area contributed by atoms with Crippen LogP contribution in [0.4, 0.5) is 0 Å². The predicted octanol–water partition coefficient (Wildman–Crippen LogP) is 4.23. The normalized spacial score (nSPS) is 10.3. The number of Topliss-reactive ketones (excluding diaryl/α,β-unsaturated/α-hetero) is 4. The molecule has 26 heavy (non-hydrogen) atoms. The van der Waals surface area contributed by atoms with Crippen molar-refractivity contribution in [1.82, 2.24) is 0 Å². The van der Waals surface area contributed by atoms with Crippen LogP contribution in [0.5, 0.6) is 0 Å². The minimum Gasteiger partial charge on any atom is -0.290 e. The summed E-state index contributed by atoms with van der Waals surface area (Å²) in [6, 6.07) is 17.1. The van der Waals surface area contributed by atoms with Crippen molar-refractivity contribution >= 4 is 23.1 Å². The van der Waals surface area contributed by atoms with Gasteiger partial charge in [0.05, 0.1) is 0 Å². The quantitative estimate of drug-likeness (QED) is 0.345. The van der Waals surface area contributed by atoms with Gasteiger partial charge in [-0.2, -0.15) is 0 Å². The van der Waals surface area contributed by atoms with E-state index in [-0.39, 0.29) is 24.4 Å². The average Bonchev–Trinajstić information content (AvgIpc) is 2.70. The van der Waals surface area contributed by atoms with Crippen molar-refractivity contribution in [2.24, 2.45) is 0 Å². The van der Waals surface area contributed by atoms with Crippen LogP contribution in [0.3, 0.4) is 0 Å². The Bertz CT molecular complexity index is 696. The molecule has 4 nitrogen and oxygen atoms in total. The second-order valence-corrected chi connectivity index (χ2v) is 6.15. The third-order valence-corrected chi connectivity index (χ3v) is 4.14. The topological polar surface area (TPSA) is 68.3 Å². The van der Waals surface area contributed by atoms with Crippen LogP contribution in [0.25, 0.3) is 0 Å². The molecule has 0 bridgehead atoms. The van der Waals surface area contributed by atoms with Gasteiger partial charge in [0, 0.05) is 24.0 Å². The Hall–Kier alpha value is -2.88. The zero-order chi connectivity index (χ0) is 18.8. The van der Waals surface area contributed by atoms with Crippen molar-refractivity contribution in [3.05, 3.63) is 71.8 Å². The minimum atomic E-state index is -0.450. The third-order valence-electron chi connectivity index (χ3n) is 4.14. The van der Waals surface area contributed by atoms with Gasteiger partial charge < -0.3 is 0 Å². The number of carbonyl (C=O) groups excluding carboxylic acids is 4. The van der Waals surface area contributed by atoms with Gasteiger partial charge in [-0.15, -0.1) is 0 Å². The summed E-state index contributed by atoms with van der Waals surface area (Å²) in [6.45, 7) is 0. The van der Waals surface area contributed by atoms with Crippen LogP contribution < -0.4 is 0 Å². The molecule has 0 N–H and O–H groups in total. The summed E-state index contributed by atoms with van der Waals surface area (Å²) in [5, 5.41) is 0. The summed E-state index contributed by atoms with van der Waals surface area (Å²) in [5.41, 5.74) is 0.838. The highest BCUT2D eigenvalue weighted by Crippen LogP contribution is 2.10. The maximum absolute atomic E-state index is 11.9. The van der Waals surface area contributed by atoms with Gasteiger partial charge in [0.15, 0.2) is 0 Å². The second-order valence-electron chi connectivity index (χ2n) is 6.15. The van der Waals surface area contributed by atoms with Gasteiger partial charge in [-0.1, -0.05) is 73.5 Å². The fraction of sp³-hybridized carbons (Fsp3) is 0.273. The van der Waals surface area contributed by atoms with Crippen LogP contribution in [0.1, 0.15) is 59.2 Å². The minimum absolute atomic E-state index is 0.213. The lowest BCUT2D eigenvalue weighted by Gasteiger charge is -2.02. The van der Waals surface area contributed by atoms with Gasteiger partial charge in [0.25, 0.3) is 0 Å². The first-order valence-corrected chi connectivity index (χ1v) is 8.84. The van der Waals surface area contributed by atoms with E-state index in [0.29, 0.717) is 24.0 Å². The van der Waals surface area contributed by atoms with Crippen LogP contribution in [0, 0.1) is 0 Å². The molecule has 134 valence electrons. The van der Waals surface area contributed by atoms with Gasteiger partial charge in [-0.25, -0.2) is 0 Å². The van der Waals surface area contributed by atoms with Crippen molar-refractivity contribution in [2.45, 2.75) is 38.5 Å². The Morgan fingerprint density at radius 3 is 1.19 bits per heavy atom. The lowest BCUT2D eigenvalue weighted by Crippen LogP contribution is -2.14. The van der Waals surface area contributed by atoms with Crippen molar-refractivity contribution in [2.75, 3.05) is 0 Å². The number of rotatable bonds is 11. The lowest BCUT2D eigenvalue weighted by atomic mass is 10.0. The van der Waals surface area contributed by atoms with Gasteiger partial charge in [-0.05, 0) is 12.8 Å². The van der Waals surface area contributed by atoms with E-state index in [9.17, 15) is 19.2 Å². The van der Waals surface area contributed by atoms with Crippen LogP contribution in [0.15, 0.2) is 60.7 Å². The Balaban J connectivity index is 1.62. The highest BCUT2D eigenvalue weighted by molar-refractivity contribution is 6.44. The first kappa shape index (κ1) is 19.4. The molecule has 2 aromatic rings. The third kappa shape index (κ3) is 5.88. The summed E-state index contributed by atoms with van der Waals surface area (Å²) in [6.07, 6.45) is 3.15. The van der Waals surface area contributed by atoms with Crippen molar-refractivity contribution in [1.29, 1.82) is 0 Å². The smallest absolute Gasteiger partial charge is 0.228 e. The van der Waals surface area contributed by atoms with Gasteiger partial charge in [-0.3, -0.25) is 19.2 Å². The van der Waals surface area contributed by atoms with Crippen molar-refractivity contribution in [3.63, 3.8) is 0 Å². The molecule has 0 aliphatic heterocycles. The number of unbranched alkanes of at least 4 members (excludes halogenated alkanes) is 3. The fourth-order valence-corrected chi connectivity index (χ4v) is 2.65. The first-order chi connectivity index (χ1) is 12.6. The van der Waals surface area contributed by atoms with Gasteiger partial charge in [0.1, 0.15) is 0 Å². The maximum atomic E-state index is 11.9. The van der Waals surface area contributed by atoms with E-state index < -0.39 is 11.6 Å². The van der Waals surface area contributed by atoms with E-state index in [1.165, 1.54) is 0 Å². The van der Waals surface area contributed by atoms with Crippen molar-refractivity contribution < 1.29 is 19.2 Å². The Morgan fingerprint density at radius 1 is 0.500 bits per heavy atom. The fourth-order valence-electron chi connectivity index (χ4n) is 2.65. The molecule has 0 heterocycles. The van der Waals surface area contributed by atoms with E-state index in [1.807, 2.05) is 0 Å². The van der Waals surface area contributed by atoms with Gasteiger partial charge in [0.2, 0.25) is 23.1 Å². The molecular formula is C22H22O4. The second kappa shape index (κ2) is 10.2. The molecule has 4 heteroatoms. The molecular weight excluding hydrogens is 328 g/mol. The van der Waals surface area contributed by atoms with Crippen LogP contribution in [0.2, 0.25) is 0 Å². The van der Waals surface area contributed by atoms with E-state index in [4.69, 9.17) is 0 Å². The SMILES string of the molecule is O=C(CCCCCCC(=O)C(=O)c1ccccc1)C(=O)c1ccccc1. The summed E-state index contributed by atoms with van der Waals surface area (Å²) in [5.74, 6) is -1.67. The highest BCUT2D eigenvalue weighted by Gasteiger charge is 2.16. The number of hydrogen-bond donors (Lipinski definition) is 0. The maximum Gasteiger partial charge on any atom is 0.228 e. The molecule has 0 spiro atoms. The zero-order valence-corrected chi connectivity index (χ0v) is 14.6. The van der Waals surface area contributed by atoms with E-state index >= 15 is 0 Å². The number of benzene rings is 2. The summed E-state index contributed by atoms with van der Waals surface area (Å²) in [4.78, 5) is 47.6. The molecule has 0 saturated carbocycles. The monoisotopic (exact) mass is 350 g/mol. The van der Waals surface area contributed by atoms with Crippen LogP contribution in [-0.4, -0.2) is 23.1 Å².